The van der Waals surface area contributed by atoms with Crippen LogP contribution in [-0.4, -0.2) is 36.6 Å². The first-order chi connectivity index (χ1) is 7.75. The van der Waals surface area contributed by atoms with Crippen molar-refractivity contribution in [3.05, 3.63) is 22.4 Å². The van der Waals surface area contributed by atoms with Crippen LogP contribution in [0.4, 0.5) is 0 Å². The minimum atomic E-state index is -1.10. The number of thiophene rings is 1. The van der Waals surface area contributed by atoms with Gasteiger partial charge in [0.25, 0.3) is 0 Å². The Kier molecular flexibility index (Phi) is 5.52. The quantitative estimate of drug-likeness (QED) is 0.448. The lowest BCUT2D eigenvalue weighted by Crippen LogP contribution is -2.14. The normalized spacial score (nSPS) is 11.4. The van der Waals surface area contributed by atoms with E-state index in [0.29, 0.717) is 18.1 Å². The molecule has 0 aliphatic carbocycles. The summed E-state index contributed by atoms with van der Waals surface area (Å²) in [5, 5.41) is 14.3. The predicted octanol–water partition coefficient (Wildman–Crippen LogP) is 1.59. The smallest absolute Gasteiger partial charge is 0.359 e. The molecule has 0 aliphatic heterocycles. The van der Waals surface area contributed by atoms with E-state index in [-0.39, 0.29) is 12.3 Å². The van der Waals surface area contributed by atoms with Crippen molar-refractivity contribution in [3.63, 3.8) is 0 Å². The summed E-state index contributed by atoms with van der Waals surface area (Å²) in [6.45, 7) is 3.12. The molecular weight excluding hydrogens is 230 g/mol. The Hall–Kier alpha value is -1.40. The van der Waals surface area contributed by atoms with Crippen molar-refractivity contribution in [2.45, 2.75) is 6.92 Å². The zero-order valence-electron chi connectivity index (χ0n) is 8.88. The van der Waals surface area contributed by atoms with Gasteiger partial charge in [-0.2, -0.15) is 0 Å². The first-order valence-electron chi connectivity index (χ1n) is 4.80. The molecule has 1 aromatic heterocycles. The van der Waals surface area contributed by atoms with Crippen molar-refractivity contribution in [1.29, 1.82) is 0 Å². The van der Waals surface area contributed by atoms with E-state index >= 15 is 0 Å². The number of oxime groups is 1. The highest BCUT2D eigenvalue weighted by Gasteiger charge is 2.14. The van der Waals surface area contributed by atoms with Crippen LogP contribution in [-0.2, 0) is 14.4 Å². The number of aliphatic carboxylic acids is 1. The highest BCUT2D eigenvalue weighted by molar-refractivity contribution is 7.13. The zero-order chi connectivity index (χ0) is 11.8. The van der Waals surface area contributed by atoms with Crippen molar-refractivity contribution in [1.82, 2.24) is 0 Å². The summed E-state index contributed by atoms with van der Waals surface area (Å²) < 4.78 is 5.03. The van der Waals surface area contributed by atoms with Gasteiger partial charge >= 0.3 is 5.97 Å². The van der Waals surface area contributed by atoms with Gasteiger partial charge < -0.3 is 14.7 Å². The molecule has 0 unspecified atom stereocenters. The van der Waals surface area contributed by atoms with Crippen LogP contribution in [0.15, 0.2) is 22.7 Å². The van der Waals surface area contributed by atoms with Crippen LogP contribution in [0.3, 0.4) is 0 Å². The molecule has 0 aliphatic rings. The van der Waals surface area contributed by atoms with Gasteiger partial charge in [-0.25, -0.2) is 4.79 Å². The fourth-order valence-corrected chi connectivity index (χ4v) is 1.65. The van der Waals surface area contributed by atoms with Crippen LogP contribution in [0.1, 0.15) is 11.8 Å². The fourth-order valence-electron chi connectivity index (χ4n) is 0.953. The summed E-state index contributed by atoms with van der Waals surface area (Å²) in [6.07, 6.45) is 0. The Labute approximate surface area is 97.3 Å². The maximum atomic E-state index is 10.9. The minimum Gasteiger partial charge on any atom is -0.476 e. The molecule has 5 nitrogen and oxygen atoms in total. The second kappa shape index (κ2) is 6.97. The molecule has 0 aromatic carbocycles. The molecule has 1 N–H and O–H groups in total. The zero-order valence-corrected chi connectivity index (χ0v) is 9.70. The Morgan fingerprint density at radius 3 is 2.94 bits per heavy atom. The third-order valence-electron chi connectivity index (χ3n) is 1.64. The standard InChI is InChI=1S/C10H13NO4S/c1-2-14-5-6-15-11-9(10(12)13)8-4-3-7-16-8/h3-4,7H,2,5-6H2,1H3,(H,12,13). The van der Waals surface area contributed by atoms with Gasteiger partial charge in [0.05, 0.1) is 11.5 Å². The number of rotatable bonds is 7. The van der Waals surface area contributed by atoms with E-state index in [0.717, 1.165) is 0 Å². The number of hydrogen-bond acceptors (Lipinski definition) is 5. The molecule has 1 heterocycles. The number of carbonyl (C=O) groups is 1. The first kappa shape index (κ1) is 12.7. The van der Waals surface area contributed by atoms with Crippen LogP contribution in [0.25, 0.3) is 0 Å². The lowest BCUT2D eigenvalue weighted by molar-refractivity contribution is -0.129. The Bertz CT molecular complexity index is 348. The van der Waals surface area contributed by atoms with Gasteiger partial charge in [0.15, 0.2) is 0 Å². The monoisotopic (exact) mass is 243 g/mol. The molecule has 0 saturated carbocycles. The molecule has 88 valence electrons. The highest BCUT2D eigenvalue weighted by Crippen LogP contribution is 2.10. The second-order valence-electron chi connectivity index (χ2n) is 2.75. The highest BCUT2D eigenvalue weighted by atomic mass is 32.1. The van der Waals surface area contributed by atoms with Crippen molar-refractivity contribution in [2.24, 2.45) is 5.16 Å². The molecule has 0 radical (unpaired) electrons. The third kappa shape index (κ3) is 4.00. The maximum Gasteiger partial charge on any atom is 0.359 e. The van der Waals surface area contributed by atoms with E-state index in [2.05, 4.69) is 5.16 Å². The molecular formula is C10H13NO4S. The molecule has 0 spiro atoms. The lowest BCUT2D eigenvalue weighted by atomic mass is 10.3. The Morgan fingerprint density at radius 1 is 1.56 bits per heavy atom. The van der Waals surface area contributed by atoms with Crippen LogP contribution in [0.5, 0.6) is 0 Å². The maximum absolute atomic E-state index is 10.9. The Morgan fingerprint density at radius 2 is 2.38 bits per heavy atom. The van der Waals surface area contributed by atoms with Gasteiger partial charge in [0.2, 0.25) is 5.71 Å². The summed E-state index contributed by atoms with van der Waals surface area (Å²) in [5.74, 6) is -1.10. The van der Waals surface area contributed by atoms with Gasteiger partial charge in [-0.1, -0.05) is 11.2 Å². The lowest BCUT2D eigenvalue weighted by Gasteiger charge is -2.01. The largest absolute Gasteiger partial charge is 0.476 e. The van der Waals surface area contributed by atoms with Crippen LogP contribution >= 0.6 is 11.3 Å². The molecule has 1 rings (SSSR count). The van der Waals surface area contributed by atoms with Gasteiger partial charge in [-0.05, 0) is 18.4 Å². The van der Waals surface area contributed by atoms with Crippen LogP contribution in [0, 0.1) is 0 Å². The molecule has 0 bridgehead atoms. The van der Waals surface area contributed by atoms with Crippen molar-refractivity contribution in [3.8, 4) is 0 Å². The SMILES string of the molecule is CCOCCON=C(C(=O)O)c1cccs1. The van der Waals surface area contributed by atoms with Gasteiger partial charge in [0.1, 0.15) is 6.61 Å². The van der Waals surface area contributed by atoms with E-state index in [9.17, 15) is 4.79 Å². The third-order valence-corrected chi connectivity index (χ3v) is 2.51. The predicted molar refractivity (Wildman–Crippen MR) is 60.9 cm³/mol. The van der Waals surface area contributed by atoms with Gasteiger partial charge in [-0.3, -0.25) is 0 Å². The summed E-state index contributed by atoms with van der Waals surface area (Å²) in [4.78, 5) is 16.3. The van der Waals surface area contributed by atoms with Crippen molar-refractivity contribution >= 4 is 23.0 Å². The number of nitrogens with zero attached hydrogens (tertiary/aromatic N) is 1. The number of carboxylic acid groups (broad SMARTS) is 1. The van der Waals surface area contributed by atoms with Gasteiger partial charge in [0, 0.05) is 6.61 Å². The summed E-state index contributed by atoms with van der Waals surface area (Å²) in [5.41, 5.74) is -0.0773. The molecule has 6 heteroatoms. The molecule has 1 aromatic rings. The summed E-state index contributed by atoms with van der Waals surface area (Å²) >= 11 is 1.30. The average Bonchev–Trinajstić information content (AvgIpc) is 2.76. The van der Waals surface area contributed by atoms with Crippen LogP contribution < -0.4 is 0 Å². The minimum absolute atomic E-state index is 0.0773. The van der Waals surface area contributed by atoms with Crippen LogP contribution in [0.2, 0.25) is 0 Å². The Balaban J connectivity index is 2.51. The summed E-state index contributed by atoms with van der Waals surface area (Å²) in [6, 6.07) is 3.45. The van der Waals surface area contributed by atoms with Crippen molar-refractivity contribution < 1.29 is 19.5 Å². The van der Waals surface area contributed by atoms with E-state index in [1.54, 1.807) is 17.5 Å². The topological polar surface area (TPSA) is 68.1 Å². The second-order valence-corrected chi connectivity index (χ2v) is 3.70. The molecule has 0 fully saturated rings. The fraction of sp³-hybridized carbons (Fsp3) is 0.400. The molecule has 0 saturated heterocycles. The molecule has 0 atom stereocenters. The van der Waals surface area contributed by atoms with E-state index < -0.39 is 5.97 Å². The first-order valence-corrected chi connectivity index (χ1v) is 5.68. The van der Waals surface area contributed by atoms with Gasteiger partial charge in [-0.15, -0.1) is 11.3 Å². The van der Waals surface area contributed by atoms with Crippen molar-refractivity contribution in [2.75, 3.05) is 19.8 Å². The van der Waals surface area contributed by atoms with E-state index in [1.165, 1.54) is 11.3 Å². The number of carboxylic acids is 1. The average molecular weight is 243 g/mol. The number of hydrogen-bond donors (Lipinski definition) is 1. The van der Waals surface area contributed by atoms with E-state index in [4.69, 9.17) is 14.7 Å². The molecule has 16 heavy (non-hydrogen) atoms. The summed E-state index contributed by atoms with van der Waals surface area (Å²) in [7, 11) is 0. The number of ether oxygens (including phenoxy) is 1. The van der Waals surface area contributed by atoms with E-state index in [1.807, 2.05) is 6.92 Å². The molecule has 0 amide bonds.